The van der Waals surface area contributed by atoms with Crippen molar-refractivity contribution in [1.82, 2.24) is 0 Å². The van der Waals surface area contributed by atoms with Gasteiger partial charge in [0.25, 0.3) is 0 Å². The molecule has 2 heteroatoms. The fourth-order valence-electron chi connectivity index (χ4n) is 0.479. The van der Waals surface area contributed by atoms with E-state index in [0.717, 1.165) is 11.0 Å². The lowest BCUT2D eigenvalue weighted by atomic mass is 9.93. The maximum Gasteiger partial charge on any atom is 0.00675 e. The minimum atomic E-state index is 0.438. The summed E-state index contributed by atoms with van der Waals surface area (Å²) in [5, 5.41) is 0.736. The Morgan fingerprint density at radius 1 is 1.40 bits per heavy atom. The molecule has 0 radical (unpaired) electrons. The molecule has 0 rings (SSSR count). The molecule has 1 unspecified atom stereocenters. The van der Waals surface area contributed by atoms with Crippen molar-refractivity contribution in [3.63, 3.8) is 0 Å². The molecule has 0 N–H and O–H groups in total. The molecule has 0 nitrogen and oxygen atoms in total. The molecule has 0 amide bonds. The Bertz CT molecular complexity index is 83.7. The van der Waals surface area contributed by atoms with Gasteiger partial charge in [-0.3, -0.25) is 0 Å². The average Bonchev–Trinajstić information content (AvgIpc) is 1.80. The lowest BCUT2D eigenvalue weighted by Gasteiger charge is -2.26. The van der Waals surface area contributed by atoms with Crippen molar-refractivity contribution >= 4 is 24.4 Å². The molecule has 0 aromatic carbocycles. The van der Waals surface area contributed by atoms with Gasteiger partial charge in [-0.1, -0.05) is 27.7 Å². The average molecular weight is 178 g/mol. The standard InChI is InChI=1S/C8H18S2/c1-7(8(2,3)4)10-6-5-9/h7,9H,5-6H2,1-4H3. The van der Waals surface area contributed by atoms with Crippen LogP contribution in [-0.2, 0) is 0 Å². The lowest BCUT2D eigenvalue weighted by molar-refractivity contribution is 0.411. The van der Waals surface area contributed by atoms with Crippen LogP contribution in [0.5, 0.6) is 0 Å². The summed E-state index contributed by atoms with van der Waals surface area (Å²) >= 11 is 6.18. The molecule has 62 valence electrons. The molecule has 0 fully saturated rings. The van der Waals surface area contributed by atoms with Crippen molar-refractivity contribution in [1.29, 1.82) is 0 Å². The SMILES string of the molecule is CC(SCCS)C(C)(C)C. The van der Waals surface area contributed by atoms with E-state index >= 15 is 0 Å². The molecule has 0 aromatic heterocycles. The summed E-state index contributed by atoms with van der Waals surface area (Å²) in [7, 11) is 0. The number of thiol groups is 1. The lowest BCUT2D eigenvalue weighted by Crippen LogP contribution is -2.20. The molecule has 0 aromatic rings. The van der Waals surface area contributed by atoms with Gasteiger partial charge >= 0.3 is 0 Å². The summed E-state index contributed by atoms with van der Waals surface area (Å²) in [6, 6.07) is 0. The Morgan fingerprint density at radius 2 is 1.90 bits per heavy atom. The molecule has 10 heavy (non-hydrogen) atoms. The van der Waals surface area contributed by atoms with Crippen molar-refractivity contribution < 1.29 is 0 Å². The maximum absolute atomic E-state index is 4.17. The second-order valence-electron chi connectivity index (χ2n) is 3.60. The van der Waals surface area contributed by atoms with Crippen LogP contribution in [0.3, 0.4) is 0 Å². The van der Waals surface area contributed by atoms with Crippen molar-refractivity contribution in [3.8, 4) is 0 Å². The largest absolute Gasteiger partial charge is 0.179 e. The number of rotatable bonds is 3. The predicted octanol–water partition coefficient (Wildman–Crippen LogP) is 3.08. The van der Waals surface area contributed by atoms with E-state index < -0.39 is 0 Å². The summed E-state index contributed by atoms with van der Waals surface area (Å²) in [5.41, 5.74) is 0.438. The maximum atomic E-state index is 4.17. The van der Waals surface area contributed by atoms with Crippen LogP contribution in [0.2, 0.25) is 0 Å². The summed E-state index contributed by atoms with van der Waals surface area (Å²) in [5.74, 6) is 2.16. The summed E-state index contributed by atoms with van der Waals surface area (Å²) < 4.78 is 0. The van der Waals surface area contributed by atoms with E-state index in [4.69, 9.17) is 0 Å². The van der Waals surface area contributed by atoms with Crippen LogP contribution in [0, 0.1) is 5.41 Å². The second kappa shape index (κ2) is 4.55. The minimum absolute atomic E-state index is 0.438. The number of hydrogen-bond donors (Lipinski definition) is 1. The van der Waals surface area contributed by atoms with Crippen LogP contribution in [0.1, 0.15) is 27.7 Å². The summed E-state index contributed by atoms with van der Waals surface area (Å²) in [6.07, 6.45) is 0. The first-order chi connectivity index (χ1) is 4.48. The van der Waals surface area contributed by atoms with Gasteiger partial charge in [-0.25, -0.2) is 0 Å². The first-order valence-electron chi connectivity index (χ1n) is 3.71. The monoisotopic (exact) mass is 178 g/mol. The topological polar surface area (TPSA) is 0 Å². The van der Waals surface area contributed by atoms with E-state index in [0.29, 0.717) is 5.41 Å². The van der Waals surface area contributed by atoms with E-state index in [1.54, 1.807) is 0 Å². The molecule has 0 spiro atoms. The van der Waals surface area contributed by atoms with Gasteiger partial charge < -0.3 is 0 Å². The van der Waals surface area contributed by atoms with Crippen molar-refractivity contribution in [3.05, 3.63) is 0 Å². The number of hydrogen-bond acceptors (Lipinski definition) is 2. The second-order valence-corrected chi connectivity index (χ2v) is 5.50. The normalized spacial score (nSPS) is 15.3. The van der Waals surface area contributed by atoms with Gasteiger partial charge in [0.1, 0.15) is 0 Å². The zero-order chi connectivity index (χ0) is 8.20. The van der Waals surface area contributed by atoms with Gasteiger partial charge in [-0.2, -0.15) is 24.4 Å². The molecule has 0 saturated heterocycles. The van der Waals surface area contributed by atoms with Crippen molar-refractivity contribution in [2.24, 2.45) is 5.41 Å². The van der Waals surface area contributed by atoms with E-state index in [1.807, 2.05) is 11.8 Å². The quantitative estimate of drug-likeness (QED) is 0.648. The molecule has 0 aliphatic heterocycles. The van der Waals surface area contributed by atoms with Crippen LogP contribution in [-0.4, -0.2) is 16.8 Å². The first kappa shape index (κ1) is 10.7. The van der Waals surface area contributed by atoms with E-state index in [-0.39, 0.29) is 0 Å². The van der Waals surface area contributed by atoms with Crippen LogP contribution in [0.15, 0.2) is 0 Å². The molecular weight excluding hydrogens is 160 g/mol. The minimum Gasteiger partial charge on any atom is -0.179 e. The van der Waals surface area contributed by atoms with Gasteiger partial charge in [-0.05, 0) is 11.2 Å². The Morgan fingerprint density at radius 3 is 2.20 bits per heavy atom. The molecule has 0 bridgehead atoms. The highest BCUT2D eigenvalue weighted by atomic mass is 32.2. The highest BCUT2D eigenvalue weighted by Crippen LogP contribution is 2.29. The summed E-state index contributed by atoms with van der Waals surface area (Å²) in [4.78, 5) is 0. The third kappa shape index (κ3) is 4.51. The van der Waals surface area contributed by atoms with Crippen LogP contribution < -0.4 is 0 Å². The zero-order valence-electron chi connectivity index (χ0n) is 7.35. The molecular formula is C8H18S2. The predicted molar refractivity (Wildman–Crippen MR) is 55.2 cm³/mol. The van der Waals surface area contributed by atoms with Gasteiger partial charge in [0.15, 0.2) is 0 Å². The first-order valence-corrected chi connectivity index (χ1v) is 5.39. The Balaban J connectivity index is 3.52. The van der Waals surface area contributed by atoms with Crippen molar-refractivity contribution in [2.75, 3.05) is 11.5 Å². The van der Waals surface area contributed by atoms with Gasteiger partial charge in [-0.15, -0.1) is 0 Å². The zero-order valence-corrected chi connectivity index (χ0v) is 9.06. The van der Waals surface area contributed by atoms with Crippen molar-refractivity contribution in [2.45, 2.75) is 32.9 Å². The van der Waals surface area contributed by atoms with E-state index in [2.05, 4.69) is 40.3 Å². The molecule has 0 aliphatic rings. The fourth-order valence-corrected chi connectivity index (χ4v) is 1.75. The molecule has 0 heterocycles. The third-order valence-corrected chi connectivity index (χ3v) is 3.85. The smallest absolute Gasteiger partial charge is 0.00675 e. The Kier molecular flexibility index (Phi) is 4.87. The van der Waals surface area contributed by atoms with Gasteiger partial charge in [0, 0.05) is 11.0 Å². The summed E-state index contributed by atoms with van der Waals surface area (Å²) in [6.45, 7) is 9.13. The van der Waals surface area contributed by atoms with Gasteiger partial charge in [0.2, 0.25) is 0 Å². The third-order valence-electron chi connectivity index (χ3n) is 1.68. The highest BCUT2D eigenvalue weighted by molar-refractivity contribution is 8.00. The highest BCUT2D eigenvalue weighted by Gasteiger charge is 2.19. The van der Waals surface area contributed by atoms with Crippen LogP contribution in [0.4, 0.5) is 0 Å². The Hall–Kier alpha value is 0.700. The molecule has 0 saturated carbocycles. The van der Waals surface area contributed by atoms with E-state index in [9.17, 15) is 0 Å². The fraction of sp³-hybridized carbons (Fsp3) is 1.00. The van der Waals surface area contributed by atoms with Crippen LogP contribution >= 0.6 is 24.4 Å². The Labute approximate surface area is 74.6 Å². The van der Waals surface area contributed by atoms with Crippen LogP contribution in [0.25, 0.3) is 0 Å². The molecule has 1 atom stereocenters. The molecule has 0 aliphatic carbocycles. The van der Waals surface area contributed by atoms with Gasteiger partial charge in [0.05, 0.1) is 0 Å². The number of thioether (sulfide) groups is 1. The van der Waals surface area contributed by atoms with E-state index in [1.165, 1.54) is 5.75 Å².